The Morgan fingerprint density at radius 1 is 1.64 bits per heavy atom. The lowest BCUT2D eigenvalue weighted by Gasteiger charge is -2.03. The second-order valence-corrected chi connectivity index (χ2v) is 3.56. The van der Waals surface area contributed by atoms with Crippen molar-refractivity contribution in [3.63, 3.8) is 0 Å². The highest BCUT2D eigenvalue weighted by molar-refractivity contribution is 5.41. The highest BCUT2D eigenvalue weighted by atomic mass is 15.1. The summed E-state index contributed by atoms with van der Waals surface area (Å²) in [6, 6.07) is 4.22. The summed E-state index contributed by atoms with van der Waals surface area (Å²) in [6.07, 6.45) is 3.83. The number of hydrogen-bond donors (Lipinski definition) is 1. The summed E-state index contributed by atoms with van der Waals surface area (Å²) >= 11 is 0. The fourth-order valence-electron chi connectivity index (χ4n) is 1.56. The van der Waals surface area contributed by atoms with Crippen molar-refractivity contribution in [1.82, 2.24) is 9.97 Å². The first kappa shape index (κ1) is 8.95. The zero-order chi connectivity index (χ0) is 9.97. The van der Waals surface area contributed by atoms with Crippen LogP contribution >= 0.6 is 0 Å². The first-order valence-electron chi connectivity index (χ1n) is 4.82. The smallest absolute Gasteiger partial charge is 0.145 e. The molecule has 1 fully saturated rings. The molecule has 1 saturated carbocycles. The number of nitrogens with zero attached hydrogens (tertiary/aromatic N) is 3. The molecule has 1 aliphatic rings. The fraction of sp³-hybridized carbons (Fsp3) is 0.500. The van der Waals surface area contributed by atoms with Crippen LogP contribution in [0, 0.1) is 17.2 Å². The molecule has 0 spiro atoms. The van der Waals surface area contributed by atoms with Crippen LogP contribution in [0.2, 0.25) is 0 Å². The minimum atomic E-state index is 0.413. The Morgan fingerprint density at radius 2 is 2.50 bits per heavy atom. The van der Waals surface area contributed by atoms with Gasteiger partial charge in [0, 0.05) is 12.1 Å². The lowest BCUT2D eigenvalue weighted by molar-refractivity contribution is 0.773. The van der Waals surface area contributed by atoms with Gasteiger partial charge in [0.25, 0.3) is 0 Å². The molecule has 2 atom stereocenters. The van der Waals surface area contributed by atoms with Gasteiger partial charge in [-0.05, 0) is 12.3 Å². The van der Waals surface area contributed by atoms with Crippen molar-refractivity contribution in [1.29, 1.82) is 5.26 Å². The third-order valence-electron chi connectivity index (χ3n) is 2.56. The Hall–Kier alpha value is -1.63. The van der Waals surface area contributed by atoms with Gasteiger partial charge in [-0.25, -0.2) is 9.97 Å². The maximum atomic E-state index is 8.64. The molecule has 1 aromatic rings. The molecule has 0 saturated heterocycles. The van der Waals surface area contributed by atoms with Crippen LogP contribution in [-0.2, 0) is 0 Å². The molecule has 2 rings (SSSR count). The molecule has 4 nitrogen and oxygen atoms in total. The summed E-state index contributed by atoms with van der Waals surface area (Å²) in [7, 11) is 0. The normalized spacial score (nSPS) is 24.0. The van der Waals surface area contributed by atoms with Crippen LogP contribution in [0.15, 0.2) is 12.4 Å². The van der Waals surface area contributed by atoms with E-state index in [2.05, 4.69) is 22.2 Å². The van der Waals surface area contributed by atoms with Crippen molar-refractivity contribution in [3.8, 4) is 6.07 Å². The Balaban J connectivity index is 2.00. The average molecular weight is 188 g/mol. The quantitative estimate of drug-likeness (QED) is 0.781. The molecule has 0 bridgehead atoms. The summed E-state index contributed by atoms with van der Waals surface area (Å²) in [5.41, 5.74) is 0.413. The molecule has 0 radical (unpaired) electrons. The Kier molecular flexibility index (Phi) is 2.32. The van der Waals surface area contributed by atoms with E-state index < -0.39 is 0 Å². The Bertz CT molecular complexity index is 369. The maximum Gasteiger partial charge on any atom is 0.145 e. The summed E-state index contributed by atoms with van der Waals surface area (Å²) < 4.78 is 0. The molecular formula is C10H12N4. The highest BCUT2D eigenvalue weighted by Crippen LogP contribution is 2.35. The van der Waals surface area contributed by atoms with Gasteiger partial charge in [-0.15, -0.1) is 0 Å². The number of anilines is 1. The summed E-state index contributed by atoms with van der Waals surface area (Å²) in [6.45, 7) is 2.19. The van der Waals surface area contributed by atoms with Crippen LogP contribution < -0.4 is 5.32 Å². The largest absolute Gasteiger partial charge is 0.367 e. The van der Waals surface area contributed by atoms with Crippen LogP contribution in [-0.4, -0.2) is 16.0 Å². The monoisotopic (exact) mass is 188 g/mol. The Labute approximate surface area is 83.0 Å². The molecule has 1 aromatic heterocycles. The minimum absolute atomic E-state index is 0.413. The van der Waals surface area contributed by atoms with Crippen LogP contribution in [0.25, 0.3) is 0 Å². The van der Waals surface area contributed by atoms with Crippen LogP contribution in [0.1, 0.15) is 25.5 Å². The standard InChI is InChI=1S/C10H12N4/c1-2-7-3-9(7)14-10-4-8(5-11)12-6-13-10/h4,6-7,9H,2-3H2,1H3,(H,12,13,14)/t7-,9-/m1/s1. The van der Waals surface area contributed by atoms with E-state index in [1.807, 2.05) is 6.07 Å². The number of rotatable bonds is 3. The van der Waals surface area contributed by atoms with Gasteiger partial charge in [0.1, 0.15) is 23.9 Å². The topological polar surface area (TPSA) is 61.6 Å². The van der Waals surface area contributed by atoms with Gasteiger partial charge in [0.05, 0.1) is 0 Å². The molecule has 0 aromatic carbocycles. The van der Waals surface area contributed by atoms with Gasteiger partial charge in [0.2, 0.25) is 0 Å². The maximum absolute atomic E-state index is 8.64. The van der Waals surface area contributed by atoms with E-state index in [9.17, 15) is 0 Å². The van der Waals surface area contributed by atoms with Gasteiger partial charge < -0.3 is 5.32 Å². The lowest BCUT2D eigenvalue weighted by atomic mass is 10.3. The molecule has 4 heteroatoms. The van der Waals surface area contributed by atoms with E-state index in [1.54, 1.807) is 6.07 Å². The van der Waals surface area contributed by atoms with E-state index in [0.29, 0.717) is 11.7 Å². The van der Waals surface area contributed by atoms with Gasteiger partial charge >= 0.3 is 0 Å². The first-order chi connectivity index (χ1) is 6.83. The van der Waals surface area contributed by atoms with Crippen molar-refractivity contribution in [2.45, 2.75) is 25.8 Å². The molecule has 1 heterocycles. The SMILES string of the molecule is CC[C@@H]1C[C@H]1Nc1cc(C#N)ncn1. The second-order valence-electron chi connectivity index (χ2n) is 3.56. The molecule has 1 aliphatic carbocycles. The zero-order valence-corrected chi connectivity index (χ0v) is 8.07. The van der Waals surface area contributed by atoms with Crippen LogP contribution in [0.4, 0.5) is 5.82 Å². The van der Waals surface area contributed by atoms with E-state index in [4.69, 9.17) is 5.26 Å². The highest BCUT2D eigenvalue weighted by Gasteiger charge is 2.35. The van der Waals surface area contributed by atoms with Crippen LogP contribution in [0.3, 0.4) is 0 Å². The number of hydrogen-bond acceptors (Lipinski definition) is 4. The number of nitriles is 1. The Morgan fingerprint density at radius 3 is 3.14 bits per heavy atom. The third-order valence-corrected chi connectivity index (χ3v) is 2.56. The molecule has 0 amide bonds. The third kappa shape index (κ3) is 1.82. The first-order valence-corrected chi connectivity index (χ1v) is 4.82. The summed E-state index contributed by atoms with van der Waals surface area (Å²) in [4.78, 5) is 7.88. The van der Waals surface area contributed by atoms with Crippen molar-refractivity contribution in [3.05, 3.63) is 18.1 Å². The average Bonchev–Trinajstić information content (AvgIpc) is 2.97. The fourth-order valence-corrected chi connectivity index (χ4v) is 1.56. The molecule has 14 heavy (non-hydrogen) atoms. The van der Waals surface area contributed by atoms with Crippen molar-refractivity contribution in [2.24, 2.45) is 5.92 Å². The molecule has 1 N–H and O–H groups in total. The second kappa shape index (κ2) is 3.62. The molecule has 0 aliphatic heterocycles. The summed E-state index contributed by atoms with van der Waals surface area (Å²) in [5.74, 6) is 1.54. The minimum Gasteiger partial charge on any atom is -0.367 e. The van der Waals surface area contributed by atoms with Gasteiger partial charge in [-0.2, -0.15) is 5.26 Å². The van der Waals surface area contributed by atoms with Crippen molar-refractivity contribution < 1.29 is 0 Å². The molecule has 0 unspecified atom stereocenters. The van der Waals surface area contributed by atoms with Crippen molar-refractivity contribution in [2.75, 3.05) is 5.32 Å². The van der Waals surface area contributed by atoms with Gasteiger partial charge in [-0.1, -0.05) is 13.3 Å². The lowest BCUT2D eigenvalue weighted by Crippen LogP contribution is -2.06. The van der Waals surface area contributed by atoms with Gasteiger partial charge in [0.15, 0.2) is 0 Å². The molecular weight excluding hydrogens is 176 g/mol. The van der Waals surface area contributed by atoms with E-state index in [-0.39, 0.29) is 0 Å². The van der Waals surface area contributed by atoms with Crippen molar-refractivity contribution >= 4 is 5.82 Å². The zero-order valence-electron chi connectivity index (χ0n) is 8.07. The molecule has 72 valence electrons. The summed E-state index contributed by atoms with van der Waals surface area (Å²) in [5, 5.41) is 11.9. The number of nitrogens with one attached hydrogen (secondary N) is 1. The van der Waals surface area contributed by atoms with E-state index in [0.717, 1.165) is 11.7 Å². The predicted molar refractivity (Wildman–Crippen MR) is 52.6 cm³/mol. The van der Waals surface area contributed by atoms with E-state index in [1.165, 1.54) is 19.2 Å². The predicted octanol–water partition coefficient (Wildman–Crippen LogP) is 1.56. The number of aromatic nitrogens is 2. The van der Waals surface area contributed by atoms with E-state index >= 15 is 0 Å². The van der Waals surface area contributed by atoms with Crippen LogP contribution in [0.5, 0.6) is 0 Å². The van der Waals surface area contributed by atoms with Gasteiger partial charge in [-0.3, -0.25) is 0 Å².